The minimum absolute atomic E-state index is 0.0287. The molecule has 0 N–H and O–H groups in total. The molecule has 4 heterocycles. The molecule has 0 saturated carbocycles. The van der Waals surface area contributed by atoms with Crippen molar-refractivity contribution >= 4 is 23.3 Å². The van der Waals surface area contributed by atoms with Crippen molar-refractivity contribution in [2.75, 3.05) is 44.2 Å². The van der Waals surface area contributed by atoms with Crippen LogP contribution in [0.4, 0.5) is 5.82 Å². The molecular formula is C33H39ClN6O2. The Morgan fingerprint density at radius 2 is 1.90 bits per heavy atom. The Labute approximate surface area is 253 Å². The summed E-state index contributed by atoms with van der Waals surface area (Å²) in [5, 5.41) is 10.4. The van der Waals surface area contributed by atoms with Gasteiger partial charge in [-0.3, -0.25) is 9.69 Å². The first-order valence-electron chi connectivity index (χ1n) is 15.6. The summed E-state index contributed by atoms with van der Waals surface area (Å²) in [6, 6.07) is 8.87. The summed E-state index contributed by atoms with van der Waals surface area (Å²) in [6.45, 7) is 8.32. The standard InChI is InChI=1S/C33H39ClN6O2/c1-2-29(41)40-19-18-38(21-23(40)10-15-35)30-25-9-14-32(13-8-24-26(32)6-3-7-27(24)34)20-28(25)36-31(37-30)42-22-33-11-4-16-39(33)17-5-12-33/h2-3,6-7,23H,1,4-5,8-14,16-22H2/t23-,32-/m0/s1. The fourth-order valence-corrected chi connectivity index (χ4v) is 8.91. The molecule has 0 radical (unpaired) electrons. The molecule has 8 nitrogen and oxygen atoms in total. The zero-order valence-electron chi connectivity index (χ0n) is 24.3. The van der Waals surface area contributed by atoms with Crippen LogP contribution < -0.4 is 9.64 Å². The summed E-state index contributed by atoms with van der Waals surface area (Å²) in [7, 11) is 0. The van der Waals surface area contributed by atoms with E-state index in [-0.39, 0.29) is 29.3 Å². The fourth-order valence-electron chi connectivity index (χ4n) is 8.64. The van der Waals surface area contributed by atoms with Crippen molar-refractivity contribution < 1.29 is 9.53 Å². The third-order valence-electron chi connectivity index (χ3n) is 10.8. The van der Waals surface area contributed by atoms with Gasteiger partial charge in [-0.1, -0.05) is 30.3 Å². The summed E-state index contributed by atoms with van der Waals surface area (Å²) in [5.74, 6) is 0.788. The molecule has 1 aromatic heterocycles. The van der Waals surface area contributed by atoms with Crippen LogP contribution in [0.15, 0.2) is 30.9 Å². The van der Waals surface area contributed by atoms with Crippen LogP contribution in [-0.4, -0.2) is 76.6 Å². The van der Waals surface area contributed by atoms with Gasteiger partial charge in [-0.05, 0) is 94.1 Å². The van der Waals surface area contributed by atoms with Crippen molar-refractivity contribution in [3.05, 3.63) is 58.3 Å². The molecule has 1 spiro atoms. The molecule has 2 atom stereocenters. The highest BCUT2D eigenvalue weighted by Gasteiger charge is 2.46. The maximum Gasteiger partial charge on any atom is 0.318 e. The molecular weight excluding hydrogens is 548 g/mol. The van der Waals surface area contributed by atoms with Crippen molar-refractivity contribution in [1.82, 2.24) is 19.8 Å². The molecule has 9 heteroatoms. The zero-order chi connectivity index (χ0) is 28.9. The lowest BCUT2D eigenvalue weighted by atomic mass is 9.69. The van der Waals surface area contributed by atoms with E-state index in [1.54, 1.807) is 4.90 Å². The minimum Gasteiger partial charge on any atom is -0.461 e. The van der Waals surface area contributed by atoms with E-state index >= 15 is 0 Å². The number of ether oxygens (including phenoxy) is 1. The van der Waals surface area contributed by atoms with Gasteiger partial charge in [0.1, 0.15) is 12.4 Å². The van der Waals surface area contributed by atoms with Crippen molar-refractivity contribution in [1.29, 1.82) is 5.26 Å². The number of carbonyl (C=O) groups excluding carboxylic acids is 1. The van der Waals surface area contributed by atoms with Crippen LogP contribution >= 0.6 is 11.6 Å². The average molecular weight is 587 g/mol. The van der Waals surface area contributed by atoms with E-state index in [2.05, 4.69) is 34.6 Å². The number of fused-ring (bicyclic) bond motifs is 4. The average Bonchev–Trinajstić information content (AvgIpc) is 3.69. The molecule has 7 rings (SSSR count). The van der Waals surface area contributed by atoms with E-state index in [0.717, 1.165) is 61.7 Å². The summed E-state index contributed by atoms with van der Waals surface area (Å²) in [5.41, 5.74) is 5.06. The molecule has 1 amide bonds. The molecule has 3 fully saturated rings. The highest BCUT2D eigenvalue weighted by molar-refractivity contribution is 6.31. The van der Waals surface area contributed by atoms with Gasteiger partial charge in [-0.25, -0.2) is 0 Å². The third kappa shape index (κ3) is 4.57. The number of rotatable bonds is 6. The lowest BCUT2D eigenvalue weighted by Gasteiger charge is -2.42. The van der Waals surface area contributed by atoms with Crippen LogP contribution in [-0.2, 0) is 29.5 Å². The molecule has 1 aromatic carbocycles. The number of halogens is 1. The van der Waals surface area contributed by atoms with Gasteiger partial charge in [0, 0.05) is 35.6 Å². The first-order valence-corrected chi connectivity index (χ1v) is 15.9. The van der Waals surface area contributed by atoms with Crippen molar-refractivity contribution in [2.45, 2.75) is 81.2 Å². The van der Waals surface area contributed by atoms with Crippen molar-refractivity contribution in [2.24, 2.45) is 0 Å². The van der Waals surface area contributed by atoms with Crippen LogP contribution in [0.2, 0.25) is 5.02 Å². The second-order valence-corrected chi connectivity index (χ2v) is 13.3. The van der Waals surface area contributed by atoms with Gasteiger partial charge in [0.05, 0.1) is 29.8 Å². The number of aromatic nitrogens is 2. The predicted molar refractivity (Wildman–Crippen MR) is 162 cm³/mol. The molecule has 220 valence electrons. The largest absolute Gasteiger partial charge is 0.461 e. The van der Waals surface area contributed by atoms with Gasteiger partial charge < -0.3 is 14.5 Å². The smallest absolute Gasteiger partial charge is 0.318 e. The van der Waals surface area contributed by atoms with Gasteiger partial charge in [-0.2, -0.15) is 15.2 Å². The predicted octanol–water partition coefficient (Wildman–Crippen LogP) is 4.63. The topological polar surface area (TPSA) is 85.6 Å². The van der Waals surface area contributed by atoms with E-state index < -0.39 is 0 Å². The monoisotopic (exact) mass is 586 g/mol. The third-order valence-corrected chi connectivity index (χ3v) is 11.2. The van der Waals surface area contributed by atoms with Crippen LogP contribution in [0, 0.1) is 11.3 Å². The van der Waals surface area contributed by atoms with E-state index in [1.165, 1.54) is 48.4 Å². The summed E-state index contributed by atoms with van der Waals surface area (Å²) in [4.78, 5) is 29.4. The van der Waals surface area contributed by atoms with Crippen molar-refractivity contribution in [3.63, 3.8) is 0 Å². The molecule has 0 bridgehead atoms. The molecule has 3 saturated heterocycles. The lowest BCUT2D eigenvalue weighted by Crippen LogP contribution is -2.55. The summed E-state index contributed by atoms with van der Waals surface area (Å²) < 4.78 is 6.54. The Kier molecular flexibility index (Phi) is 7.14. The highest BCUT2D eigenvalue weighted by atomic mass is 35.5. The molecule has 42 heavy (non-hydrogen) atoms. The van der Waals surface area contributed by atoms with Gasteiger partial charge >= 0.3 is 6.01 Å². The van der Waals surface area contributed by atoms with E-state index in [1.807, 2.05) is 6.07 Å². The van der Waals surface area contributed by atoms with E-state index in [4.69, 9.17) is 26.3 Å². The number of amides is 1. The molecule has 2 aliphatic carbocycles. The zero-order valence-corrected chi connectivity index (χ0v) is 25.0. The molecule has 0 unspecified atom stereocenters. The van der Waals surface area contributed by atoms with Crippen LogP contribution in [0.5, 0.6) is 6.01 Å². The molecule has 2 aromatic rings. The quantitative estimate of drug-likeness (QED) is 0.456. The number of hydrogen-bond acceptors (Lipinski definition) is 7. The Morgan fingerprint density at radius 3 is 2.67 bits per heavy atom. The molecule has 5 aliphatic rings. The Balaban J connectivity index is 1.23. The summed E-state index contributed by atoms with van der Waals surface area (Å²) in [6.07, 6.45) is 11.2. The van der Waals surface area contributed by atoms with Crippen molar-refractivity contribution in [3.8, 4) is 12.1 Å². The number of benzene rings is 1. The second kappa shape index (κ2) is 10.8. The number of hydrogen-bond donors (Lipinski definition) is 0. The van der Waals surface area contributed by atoms with Crippen LogP contribution in [0.1, 0.15) is 67.3 Å². The number of piperazine rings is 1. The van der Waals surface area contributed by atoms with Crippen LogP contribution in [0.3, 0.4) is 0 Å². The first-order chi connectivity index (χ1) is 20.4. The number of nitriles is 1. The normalized spacial score (nSPS) is 26.0. The lowest BCUT2D eigenvalue weighted by molar-refractivity contribution is -0.128. The second-order valence-electron chi connectivity index (χ2n) is 12.9. The van der Waals surface area contributed by atoms with Crippen LogP contribution in [0.25, 0.3) is 0 Å². The van der Waals surface area contributed by atoms with E-state index in [0.29, 0.717) is 32.3 Å². The maximum absolute atomic E-state index is 12.6. The van der Waals surface area contributed by atoms with Gasteiger partial charge in [0.15, 0.2) is 0 Å². The summed E-state index contributed by atoms with van der Waals surface area (Å²) >= 11 is 6.64. The first kappa shape index (κ1) is 27.7. The van der Waals surface area contributed by atoms with Gasteiger partial charge in [-0.15, -0.1) is 0 Å². The highest BCUT2D eigenvalue weighted by Crippen LogP contribution is 2.50. The number of nitrogens with zero attached hydrogens (tertiary/aromatic N) is 6. The molecule has 3 aliphatic heterocycles. The number of carbonyl (C=O) groups is 1. The number of anilines is 1. The Bertz CT molecular complexity index is 1440. The maximum atomic E-state index is 12.6. The van der Waals surface area contributed by atoms with E-state index in [9.17, 15) is 10.1 Å². The minimum atomic E-state index is -0.215. The van der Waals surface area contributed by atoms with Gasteiger partial charge in [0.25, 0.3) is 0 Å². The van der Waals surface area contributed by atoms with Gasteiger partial charge in [0.2, 0.25) is 5.91 Å². The fraction of sp³-hybridized carbons (Fsp3) is 0.576. The Morgan fingerprint density at radius 1 is 1.12 bits per heavy atom. The Hall–Kier alpha value is -3.15. The SMILES string of the molecule is C=CC(=O)N1CCN(c2nc(OCC34CCCN3CCC4)nc3c2CC[C@@]2(CCc4c(Cl)cccc42)C3)C[C@@H]1CC#N.